The van der Waals surface area contributed by atoms with Gasteiger partial charge < -0.3 is 9.84 Å². The summed E-state index contributed by atoms with van der Waals surface area (Å²) in [4.78, 5) is 0. The van der Waals surface area contributed by atoms with Crippen molar-refractivity contribution in [2.75, 3.05) is 0 Å². The maximum absolute atomic E-state index is 10.3. The van der Waals surface area contributed by atoms with Crippen molar-refractivity contribution in [3.8, 4) is 5.75 Å². The molecule has 2 nitrogen and oxygen atoms in total. The molecule has 0 saturated heterocycles. The minimum absolute atomic E-state index is 0.164. The second kappa shape index (κ2) is 7.09. The molecule has 20 heavy (non-hydrogen) atoms. The second-order valence-electron chi connectivity index (χ2n) is 5.08. The summed E-state index contributed by atoms with van der Waals surface area (Å²) in [6, 6.07) is 15.9. The van der Waals surface area contributed by atoms with Crippen LogP contribution in [-0.2, 0) is 6.42 Å². The van der Waals surface area contributed by atoms with E-state index < -0.39 is 6.10 Å². The SMILES string of the molecule is CC(C)Oc1ccc(C(O)Cc2ccc(I)cc2)cc1. The van der Waals surface area contributed by atoms with E-state index in [0.717, 1.165) is 16.9 Å². The van der Waals surface area contributed by atoms with Crippen LogP contribution < -0.4 is 4.74 Å². The Bertz CT molecular complexity index is 532. The van der Waals surface area contributed by atoms with Crippen LogP contribution >= 0.6 is 22.6 Å². The van der Waals surface area contributed by atoms with Crippen molar-refractivity contribution >= 4 is 22.6 Å². The monoisotopic (exact) mass is 382 g/mol. The summed E-state index contributed by atoms with van der Waals surface area (Å²) in [5.41, 5.74) is 2.06. The van der Waals surface area contributed by atoms with Crippen LogP contribution in [0.1, 0.15) is 31.1 Å². The fourth-order valence-electron chi connectivity index (χ4n) is 2.00. The smallest absolute Gasteiger partial charge is 0.119 e. The van der Waals surface area contributed by atoms with Gasteiger partial charge in [0.25, 0.3) is 0 Å². The number of aliphatic hydroxyl groups is 1. The minimum Gasteiger partial charge on any atom is -0.491 e. The van der Waals surface area contributed by atoms with Gasteiger partial charge in [0.2, 0.25) is 0 Å². The van der Waals surface area contributed by atoms with Gasteiger partial charge in [-0.25, -0.2) is 0 Å². The topological polar surface area (TPSA) is 29.5 Å². The van der Waals surface area contributed by atoms with Crippen LogP contribution in [-0.4, -0.2) is 11.2 Å². The predicted octanol–water partition coefficient (Wildman–Crippen LogP) is 4.35. The van der Waals surface area contributed by atoms with E-state index in [1.807, 2.05) is 38.1 Å². The second-order valence-corrected chi connectivity index (χ2v) is 6.33. The van der Waals surface area contributed by atoms with Gasteiger partial charge in [-0.05, 0) is 71.8 Å². The van der Waals surface area contributed by atoms with E-state index >= 15 is 0 Å². The van der Waals surface area contributed by atoms with Crippen molar-refractivity contribution in [1.29, 1.82) is 0 Å². The third-order valence-electron chi connectivity index (χ3n) is 2.98. The molecule has 2 aromatic carbocycles. The van der Waals surface area contributed by atoms with Crippen LogP contribution in [0.15, 0.2) is 48.5 Å². The zero-order chi connectivity index (χ0) is 14.5. The number of rotatable bonds is 5. The molecule has 0 radical (unpaired) electrons. The summed E-state index contributed by atoms with van der Waals surface area (Å²) in [5, 5.41) is 10.3. The predicted molar refractivity (Wildman–Crippen MR) is 90.0 cm³/mol. The zero-order valence-electron chi connectivity index (χ0n) is 11.7. The van der Waals surface area contributed by atoms with Crippen molar-refractivity contribution in [1.82, 2.24) is 0 Å². The Kier molecular flexibility index (Phi) is 5.43. The Balaban J connectivity index is 2.01. The van der Waals surface area contributed by atoms with E-state index in [4.69, 9.17) is 4.74 Å². The highest BCUT2D eigenvalue weighted by molar-refractivity contribution is 14.1. The van der Waals surface area contributed by atoms with Crippen molar-refractivity contribution in [3.05, 3.63) is 63.2 Å². The number of benzene rings is 2. The van der Waals surface area contributed by atoms with Gasteiger partial charge >= 0.3 is 0 Å². The number of halogens is 1. The molecule has 0 aliphatic carbocycles. The van der Waals surface area contributed by atoms with Gasteiger partial charge in [0.1, 0.15) is 5.75 Å². The highest BCUT2D eigenvalue weighted by Gasteiger charge is 2.09. The summed E-state index contributed by atoms with van der Waals surface area (Å²) in [6.07, 6.45) is 0.308. The molecule has 2 aromatic rings. The van der Waals surface area contributed by atoms with E-state index in [0.29, 0.717) is 6.42 Å². The van der Waals surface area contributed by atoms with Crippen molar-refractivity contribution in [2.45, 2.75) is 32.5 Å². The van der Waals surface area contributed by atoms with Gasteiger partial charge in [-0.1, -0.05) is 24.3 Å². The van der Waals surface area contributed by atoms with Gasteiger partial charge in [0.15, 0.2) is 0 Å². The molecule has 1 N–H and O–H groups in total. The molecule has 2 rings (SSSR count). The Morgan fingerprint density at radius 2 is 1.60 bits per heavy atom. The number of hydrogen-bond donors (Lipinski definition) is 1. The molecule has 3 heteroatoms. The van der Waals surface area contributed by atoms with E-state index in [-0.39, 0.29) is 6.10 Å². The molecule has 0 bridgehead atoms. The lowest BCUT2D eigenvalue weighted by Gasteiger charge is -2.13. The van der Waals surface area contributed by atoms with Crippen LogP contribution in [0.3, 0.4) is 0 Å². The molecule has 1 atom stereocenters. The summed E-state index contributed by atoms with van der Waals surface area (Å²) < 4.78 is 6.80. The van der Waals surface area contributed by atoms with Crippen molar-refractivity contribution in [3.63, 3.8) is 0 Å². The highest BCUT2D eigenvalue weighted by atomic mass is 127. The van der Waals surface area contributed by atoms with Gasteiger partial charge in [-0.3, -0.25) is 0 Å². The summed E-state index contributed by atoms with van der Waals surface area (Å²) in [6.45, 7) is 4.00. The molecular weight excluding hydrogens is 363 g/mol. The van der Waals surface area contributed by atoms with E-state index in [1.165, 1.54) is 3.57 Å². The Labute approximate surface area is 133 Å². The molecule has 0 aliphatic rings. The first kappa shape index (κ1) is 15.3. The first-order valence-corrected chi connectivity index (χ1v) is 7.81. The van der Waals surface area contributed by atoms with Crippen LogP contribution in [0.2, 0.25) is 0 Å². The van der Waals surface area contributed by atoms with Crippen LogP contribution in [0, 0.1) is 3.57 Å². The standard InChI is InChI=1S/C17H19IO2/c1-12(2)20-16-9-5-14(6-10-16)17(19)11-13-3-7-15(18)8-4-13/h3-10,12,17,19H,11H2,1-2H3. The molecule has 0 aromatic heterocycles. The average molecular weight is 382 g/mol. The fraction of sp³-hybridized carbons (Fsp3) is 0.294. The van der Waals surface area contributed by atoms with Crippen molar-refractivity contribution in [2.24, 2.45) is 0 Å². The average Bonchev–Trinajstić information content (AvgIpc) is 2.41. The normalized spacial score (nSPS) is 12.4. The van der Waals surface area contributed by atoms with E-state index in [2.05, 4.69) is 46.9 Å². The maximum atomic E-state index is 10.3. The fourth-order valence-corrected chi connectivity index (χ4v) is 2.36. The largest absolute Gasteiger partial charge is 0.491 e. The lowest BCUT2D eigenvalue weighted by atomic mass is 10.0. The van der Waals surface area contributed by atoms with Gasteiger partial charge in [0, 0.05) is 9.99 Å². The van der Waals surface area contributed by atoms with Crippen LogP contribution in [0.5, 0.6) is 5.75 Å². The van der Waals surface area contributed by atoms with Gasteiger partial charge in [-0.15, -0.1) is 0 Å². The van der Waals surface area contributed by atoms with E-state index in [1.54, 1.807) is 0 Å². The first-order chi connectivity index (χ1) is 9.54. The number of aliphatic hydroxyl groups excluding tert-OH is 1. The Hall–Kier alpha value is -1.07. The van der Waals surface area contributed by atoms with Crippen LogP contribution in [0.25, 0.3) is 0 Å². The molecule has 106 valence electrons. The molecular formula is C17H19IO2. The highest BCUT2D eigenvalue weighted by Crippen LogP contribution is 2.22. The molecule has 0 fully saturated rings. The molecule has 0 heterocycles. The minimum atomic E-state index is -0.483. The summed E-state index contributed by atoms with van der Waals surface area (Å²) in [7, 11) is 0. The molecule has 0 saturated carbocycles. The lowest BCUT2D eigenvalue weighted by molar-refractivity contribution is 0.178. The van der Waals surface area contributed by atoms with Gasteiger partial charge in [0.05, 0.1) is 12.2 Å². The van der Waals surface area contributed by atoms with Crippen molar-refractivity contribution < 1.29 is 9.84 Å². The molecule has 0 amide bonds. The van der Waals surface area contributed by atoms with Crippen LogP contribution in [0.4, 0.5) is 0 Å². The lowest BCUT2D eigenvalue weighted by Crippen LogP contribution is -2.06. The first-order valence-electron chi connectivity index (χ1n) is 6.73. The molecule has 0 aliphatic heterocycles. The zero-order valence-corrected chi connectivity index (χ0v) is 13.9. The summed E-state index contributed by atoms with van der Waals surface area (Å²) >= 11 is 2.28. The number of ether oxygens (including phenoxy) is 1. The third-order valence-corrected chi connectivity index (χ3v) is 3.70. The van der Waals surface area contributed by atoms with E-state index in [9.17, 15) is 5.11 Å². The molecule has 1 unspecified atom stereocenters. The van der Waals surface area contributed by atoms with Gasteiger partial charge in [-0.2, -0.15) is 0 Å². The molecule has 0 spiro atoms. The quantitative estimate of drug-likeness (QED) is 0.779. The number of hydrogen-bond acceptors (Lipinski definition) is 2. The summed E-state index contributed by atoms with van der Waals surface area (Å²) in [5.74, 6) is 0.838. The third kappa shape index (κ3) is 4.49. The Morgan fingerprint density at radius 3 is 2.15 bits per heavy atom. The Morgan fingerprint density at radius 1 is 1.00 bits per heavy atom. The maximum Gasteiger partial charge on any atom is 0.119 e.